The molecule has 1 aliphatic heterocycles. The summed E-state index contributed by atoms with van der Waals surface area (Å²) < 4.78 is 44.7. The molecular formula is C24H19ClF3N3O3. The van der Waals surface area contributed by atoms with Crippen LogP contribution in [0.2, 0.25) is 5.02 Å². The Morgan fingerprint density at radius 2 is 1.74 bits per heavy atom. The Labute approximate surface area is 198 Å². The van der Waals surface area contributed by atoms with Crippen LogP contribution in [0.5, 0.6) is 5.75 Å². The van der Waals surface area contributed by atoms with Crippen molar-refractivity contribution in [1.29, 1.82) is 0 Å². The first-order valence-electron chi connectivity index (χ1n) is 10.2. The number of halogens is 4. The maximum atomic E-state index is 13.0. The van der Waals surface area contributed by atoms with Crippen molar-refractivity contribution in [2.45, 2.75) is 19.3 Å². The summed E-state index contributed by atoms with van der Waals surface area (Å²) in [6.07, 6.45) is -4.47. The van der Waals surface area contributed by atoms with E-state index in [2.05, 4.69) is 10.6 Å². The molecule has 2 N–H and O–H groups in total. The van der Waals surface area contributed by atoms with Crippen LogP contribution in [0.3, 0.4) is 0 Å². The molecule has 6 nitrogen and oxygen atoms in total. The molecule has 3 aromatic carbocycles. The van der Waals surface area contributed by atoms with Gasteiger partial charge in [0.25, 0.3) is 5.91 Å². The van der Waals surface area contributed by atoms with Crippen molar-refractivity contribution in [1.82, 2.24) is 4.90 Å². The van der Waals surface area contributed by atoms with E-state index in [0.29, 0.717) is 33.3 Å². The van der Waals surface area contributed by atoms with E-state index in [0.717, 1.165) is 12.1 Å². The minimum absolute atomic E-state index is 0.0154. The molecule has 0 radical (unpaired) electrons. The predicted octanol–water partition coefficient (Wildman–Crippen LogP) is 5.92. The van der Waals surface area contributed by atoms with Gasteiger partial charge in [-0.1, -0.05) is 29.8 Å². The number of nitrogens with zero attached hydrogens (tertiary/aromatic N) is 1. The van der Waals surface area contributed by atoms with E-state index in [-0.39, 0.29) is 25.6 Å². The average Bonchev–Trinajstić information content (AvgIpc) is 2.92. The number of carbonyl (C=O) groups is 2. The van der Waals surface area contributed by atoms with Gasteiger partial charge in [-0.05, 0) is 54.1 Å². The number of anilines is 2. The molecule has 4 rings (SSSR count). The van der Waals surface area contributed by atoms with E-state index in [4.69, 9.17) is 16.3 Å². The molecule has 0 fully saturated rings. The lowest BCUT2D eigenvalue weighted by Gasteiger charge is -2.21. The fourth-order valence-electron chi connectivity index (χ4n) is 3.52. The molecule has 1 aliphatic rings. The van der Waals surface area contributed by atoms with Crippen LogP contribution in [0.1, 0.15) is 16.7 Å². The van der Waals surface area contributed by atoms with Gasteiger partial charge < -0.3 is 20.3 Å². The molecule has 0 saturated carbocycles. The molecule has 0 bridgehead atoms. The molecule has 0 unspecified atom stereocenters. The van der Waals surface area contributed by atoms with Crippen LogP contribution >= 0.6 is 11.6 Å². The summed E-state index contributed by atoms with van der Waals surface area (Å²) in [5.74, 6) is 0.0995. The number of carbonyl (C=O) groups excluding carboxylic acids is 2. The van der Waals surface area contributed by atoms with E-state index in [1.807, 2.05) is 0 Å². The molecule has 0 saturated heterocycles. The quantitative estimate of drug-likeness (QED) is 0.477. The minimum atomic E-state index is -4.47. The molecule has 3 amide bonds. The summed E-state index contributed by atoms with van der Waals surface area (Å²) in [6, 6.07) is 16.0. The van der Waals surface area contributed by atoms with Crippen LogP contribution in [0.4, 0.5) is 29.3 Å². The Morgan fingerprint density at radius 3 is 2.47 bits per heavy atom. The zero-order chi connectivity index (χ0) is 24.3. The van der Waals surface area contributed by atoms with Gasteiger partial charge in [0.15, 0.2) is 6.61 Å². The monoisotopic (exact) mass is 489 g/mol. The van der Waals surface area contributed by atoms with Crippen LogP contribution in [0, 0.1) is 0 Å². The van der Waals surface area contributed by atoms with Gasteiger partial charge in [-0.3, -0.25) is 4.79 Å². The van der Waals surface area contributed by atoms with E-state index in [1.54, 1.807) is 42.5 Å². The minimum Gasteiger partial charge on any atom is -0.483 e. The van der Waals surface area contributed by atoms with Crippen molar-refractivity contribution in [3.63, 3.8) is 0 Å². The normalized spacial score (nSPS) is 13.5. The molecular weight excluding hydrogens is 471 g/mol. The van der Waals surface area contributed by atoms with Crippen molar-refractivity contribution in [2.75, 3.05) is 17.2 Å². The third kappa shape index (κ3) is 5.79. The second kappa shape index (κ2) is 9.64. The highest BCUT2D eigenvalue weighted by atomic mass is 35.5. The number of hydrogen-bond acceptors (Lipinski definition) is 3. The van der Waals surface area contributed by atoms with Gasteiger partial charge >= 0.3 is 12.2 Å². The first-order valence-corrected chi connectivity index (χ1v) is 10.6. The number of rotatable bonds is 4. The summed E-state index contributed by atoms with van der Waals surface area (Å²) in [5, 5.41) is 5.85. The lowest BCUT2D eigenvalue weighted by atomic mass is 10.1. The first-order chi connectivity index (χ1) is 16.2. The largest absolute Gasteiger partial charge is 0.483 e. The molecule has 0 aliphatic carbocycles. The lowest BCUT2D eigenvalue weighted by molar-refractivity contribution is -0.137. The standard InChI is InChI=1S/C24H19ClF3N3O3/c25-18-5-2-6-19(11-18)29-23(33)30-20-7-8-21-16(10-20)13-31(22(32)14-34-21)12-15-3-1-4-17(9-15)24(26,27)28/h1-11H,12-14H2,(H2,29,30,33). The van der Waals surface area contributed by atoms with Gasteiger partial charge in [0, 0.05) is 35.1 Å². The molecule has 1 heterocycles. The SMILES string of the molecule is O=C(Nc1cccc(Cl)c1)Nc1ccc2c(c1)CN(Cc1cccc(C(F)(F)F)c1)C(=O)CO2. The maximum Gasteiger partial charge on any atom is 0.416 e. The molecule has 0 aromatic heterocycles. The fraction of sp³-hybridized carbons (Fsp3) is 0.167. The van der Waals surface area contributed by atoms with E-state index >= 15 is 0 Å². The molecule has 0 spiro atoms. The topological polar surface area (TPSA) is 70.7 Å². The third-order valence-corrected chi connectivity index (χ3v) is 5.33. The van der Waals surface area contributed by atoms with Crippen LogP contribution in [0.15, 0.2) is 66.7 Å². The number of ether oxygens (including phenoxy) is 1. The number of hydrogen-bond donors (Lipinski definition) is 2. The second-order valence-corrected chi connectivity index (χ2v) is 8.09. The number of nitrogens with one attached hydrogen (secondary N) is 2. The van der Waals surface area contributed by atoms with Gasteiger partial charge in [0.2, 0.25) is 0 Å². The smallest absolute Gasteiger partial charge is 0.416 e. The summed E-state index contributed by atoms with van der Waals surface area (Å²) >= 11 is 5.92. The van der Waals surface area contributed by atoms with Crippen molar-refractivity contribution >= 4 is 34.9 Å². The summed E-state index contributed by atoms with van der Waals surface area (Å²) in [4.78, 5) is 26.3. The maximum absolute atomic E-state index is 13.0. The zero-order valence-electron chi connectivity index (χ0n) is 17.7. The predicted molar refractivity (Wildman–Crippen MR) is 122 cm³/mol. The van der Waals surface area contributed by atoms with Gasteiger partial charge in [-0.15, -0.1) is 0 Å². The van der Waals surface area contributed by atoms with Gasteiger partial charge in [0.1, 0.15) is 5.75 Å². The van der Waals surface area contributed by atoms with Crippen LogP contribution in [0.25, 0.3) is 0 Å². The Balaban J connectivity index is 1.48. The van der Waals surface area contributed by atoms with E-state index < -0.39 is 17.8 Å². The Kier molecular flexibility index (Phi) is 6.65. The van der Waals surface area contributed by atoms with Crippen LogP contribution < -0.4 is 15.4 Å². The van der Waals surface area contributed by atoms with Gasteiger partial charge in [-0.25, -0.2) is 4.79 Å². The number of fused-ring (bicyclic) bond motifs is 1. The highest BCUT2D eigenvalue weighted by molar-refractivity contribution is 6.30. The molecule has 10 heteroatoms. The van der Waals surface area contributed by atoms with Crippen LogP contribution in [-0.2, 0) is 24.1 Å². The van der Waals surface area contributed by atoms with Crippen molar-refractivity contribution in [3.8, 4) is 5.75 Å². The van der Waals surface area contributed by atoms with E-state index in [9.17, 15) is 22.8 Å². The van der Waals surface area contributed by atoms with Crippen LogP contribution in [-0.4, -0.2) is 23.4 Å². The van der Waals surface area contributed by atoms with Gasteiger partial charge in [0.05, 0.1) is 5.56 Å². The Hall–Kier alpha value is -3.72. The Bertz CT molecular complexity index is 1230. The van der Waals surface area contributed by atoms with Crippen molar-refractivity contribution in [3.05, 3.63) is 88.4 Å². The highest BCUT2D eigenvalue weighted by Crippen LogP contribution is 2.31. The van der Waals surface area contributed by atoms with Crippen molar-refractivity contribution < 1.29 is 27.5 Å². The first kappa shape index (κ1) is 23.4. The number of urea groups is 1. The summed E-state index contributed by atoms with van der Waals surface area (Å²) in [6.45, 7) is -0.150. The number of benzene rings is 3. The Morgan fingerprint density at radius 1 is 1.00 bits per heavy atom. The molecule has 0 atom stereocenters. The second-order valence-electron chi connectivity index (χ2n) is 7.65. The van der Waals surface area contributed by atoms with Crippen molar-refractivity contribution in [2.24, 2.45) is 0 Å². The molecule has 3 aromatic rings. The third-order valence-electron chi connectivity index (χ3n) is 5.09. The average molecular weight is 490 g/mol. The van der Waals surface area contributed by atoms with Gasteiger partial charge in [-0.2, -0.15) is 13.2 Å². The zero-order valence-corrected chi connectivity index (χ0v) is 18.4. The summed E-state index contributed by atoms with van der Waals surface area (Å²) in [7, 11) is 0. The lowest BCUT2D eigenvalue weighted by Crippen LogP contribution is -2.32. The molecule has 34 heavy (non-hydrogen) atoms. The fourth-order valence-corrected chi connectivity index (χ4v) is 3.71. The van der Waals surface area contributed by atoms with E-state index in [1.165, 1.54) is 17.0 Å². The summed E-state index contributed by atoms with van der Waals surface area (Å²) in [5.41, 5.74) is 1.15. The number of amides is 3. The number of alkyl halides is 3. The highest BCUT2D eigenvalue weighted by Gasteiger charge is 2.31. The molecule has 176 valence electrons.